The molecule has 0 amide bonds. The Morgan fingerprint density at radius 3 is 2.70 bits per heavy atom. The van der Waals surface area contributed by atoms with Crippen molar-refractivity contribution >= 4 is 17.3 Å². The van der Waals surface area contributed by atoms with Gasteiger partial charge in [0.2, 0.25) is 0 Å². The summed E-state index contributed by atoms with van der Waals surface area (Å²) in [6.07, 6.45) is 4.73. The summed E-state index contributed by atoms with van der Waals surface area (Å²) in [5.74, 6) is -0.255. The first-order valence-corrected chi connectivity index (χ1v) is 7.41. The van der Waals surface area contributed by atoms with Gasteiger partial charge in [-0.25, -0.2) is 4.39 Å². The molecule has 0 unspecified atom stereocenters. The fourth-order valence-electron chi connectivity index (χ4n) is 2.83. The molecule has 1 aliphatic carbocycles. The maximum atomic E-state index is 13.8. The molecule has 0 spiro atoms. The van der Waals surface area contributed by atoms with E-state index in [-0.39, 0.29) is 5.82 Å². The van der Waals surface area contributed by atoms with Gasteiger partial charge in [-0.3, -0.25) is 0 Å². The maximum absolute atomic E-state index is 13.8. The molecule has 0 saturated heterocycles. The van der Waals surface area contributed by atoms with Gasteiger partial charge < -0.3 is 5.32 Å². The van der Waals surface area contributed by atoms with Crippen LogP contribution in [0.2, 0.25) is 5.02 Å². The lowest BCUT2D eigenvalue weighted by Gasteiger charge is -2.20. The Morgan fingerprint density at radius 1 is 1.05 bits per heavy atom. The summed E-state index contributed by atoms with van der Waals surface area (Å²) < 4.78 is 13.8. The van der Waals surface area contributed by atoms with Gasteiger partial charge in [0.15, 0.2) is 0 Å². The number of fused-ring (bicyclic) bond motifs is 1. The van der Waals surface area contributed by atoms with E-state index in [1.807, 2.05) is 0 Å². The Balaban J connectivity index is 1.82. The summed E-state index contributed by atoms with van der Waals surface area (Å²) in [7, 11) is 0. The number of rotatable bonds is 3. The van der Waals surface area contributed by atoms with Gasteiger partial charge >= 0.3 is 0 Å². The van der Waals surface area contributed by atoms with Crippen molar-refractivity contribution in [2.45, 2.75) is 32.2 Å². The van der Waals surface area contributed by atoms with Crippen LogP contribution in [0.15, 0.2) is 36.4 Å². The summed E-state index contributed by atoms with van der Waals surface area (Å²) in [5.41, 5.74) is 4.44. The lowest BCUT2D eigenvalue weighted by atomic mass is 9.90. The van der Waals surface area contributed by atoms with E-state index in [1.54, 1.807) is 12.1 Å². The number of aryl methyl sites for hydroxylation is 1. The van der Waals surface area contributed by atoms with E-state index in [0.29, 0.717) is 17.1 Å². The highest BCUT2D eigenvalue weighted by molar-refractivity contribution is 6.31. The predicted octanol–water partition coefficient (Wildman–Crippen LogP) is 4.97. The molecule has 104 valence electrons. The van der Waals surface area contributed by atoms with Crippen LogP contribution in [0, 0.1) is 5.82 Å². The third-order valence-corrected chi connectivity index (χ3v) is 4.27. The zero-order valence-electron chi connectivity index (χ0n) is 11.3. The minimum Gasteiger partial charge on any atom is -0.381 e. The van der Waals surface area contributed by atoms with Crippen LogP contribution in [-0.4, -0.2) is 0 Å². The van der Waals surface area contributed by atoms with Gasteiger partial charge in [0, 0.05) is 22.8 Å². The van der Waals surface area contributed by atoms with Gasteiger partial charge in [-0.15, -0.1) is 0 Å². The van der Waals surface area contributed by atoms with Crippen LogP contribution in [-0.2, 0) is 19.4 Å². The molecule has 3 rings (SSSR count). The average Bonchev–Trinajstić information content (AvgIpc) is 2.47. The second kappa shape index (κ2) is 5.84. The molecule has 0 aromatic heterocycles. The molecule has 20 heavy (non-hydrogen) atoms. The Morgan fingerprint density at radius 2 is 1.85 bits per heavy atom. The first-order valence-electron chi connectivity index (χ1n) is 7.03. The van der Waals surface area contributed by atoms with Gasteiger partial charge in [0.25, 0.3) is 0 Å². The van der Waals surface area contributed by atoms with Crippen molar-refractivity contribution in [1.29, 1.82) is 0 Å². The number of hydrogen-bond donors (Lipinski definition) is 1. The number of benzene rings is 2. The molecule has 2 aromatic carbocycles. The van der Waals surface area contributed by atoms with Crippen LogP contribution < -0.4 is 5.32 Å². The molecule has 0 saturated carbocycles. The maximum Gasteiger partial charge on any atom is 0.129 e. The molecule has 0 radical (unpaired) electrons. The Bertz CT molecular complexity index is 604. The van der Waals surface area contributed by atoms with Crippen molar-refractivity contribution in [3.05, 3.63) is 63.9 Å². The van der Waals surface area contributed by atoms with Crippen LogP contribution in [0.3, 0.4) is 0 Å². The van der Waals surface area contributed by atoms with Crippen LogP contribution in [0.1, 0.15) is 29.5 Å². The SMILES string of the molecule is Fc1cccc(Cl)c1CNc1cccc2c1CCCC2. The van der Waals surface area contributed by atoms with Gasteiger partial charge in [0.05, 0.1) is 0 Å². The van der Waals surface area contributed by atoms with Gasteiger partial charge in [-0.1, -0.05) is 29.8 Å². The molecule has 1 aliphatic rings. The monoisotopic (exact) mass is 289 g/mol. The molecular weight excluding hydrogens is 273 g/mol. The standard InChI is InChI=1S/C17H17ClFN/c18-15-8-4-9-16(19)14(15)11-20-17-10-3-6-12-5-1-2-7-13(12)17/h3-4,6,8-10,20H,1-2,5,7,11H2. The van der Waals surface area contributed by atoms with Crippen LogP contribution in [0.4, 0.5) is 10.1 Å². The minimum absolute atomic E-state index is 0.255. The highest BCUT2D eigenvalue weighted by Gasteiger charge is 2.13. The van der Waals surface area contributed by atoms with Gasteiger partial charge in [-0.05, 0) is 55.0 Å². The molecule has 2 aromatic rings. The predicted molar refractivity (Wildman–Crippen MR) is 81.8 cm³/mol. The van der Waals surface area contributed by atoms with Gasteiger partial charge in [-0.2, -0.15) is 0 Å². The van der Waals surface area contributed by atoms with Crippen molar-refractivity contribution < 1.29 is 4.39 Å². The summed E-state index contributed by atoms with van der Waals surface area (Å²) in [6, 6.07) is 11.1. The molecule has 1 nitrogen and oxygen atoms in total. The van der Waals surface area contributed by atoms with Gasteiger partial charge in [0.1, 0.15) is 5.82 Å². The lowest BCUT2D eigenvalue weighted by Crippen LogP contribution is -2.09. The Labute approximate surface area is 123 Å². The van der Waals surface area contributed by atoms with Crippen LogP contribution >= 0.6 is 11.6 Å². The smallest absolute Gasteiger partial charge is 0.129 e. The molecule has 1 N–H and O–H groups in total. The Kier molecular flexibility index (Phi) is 3.93. The second-order valence-electron chi connectivity index (χ2n) is 5.20. The first-order chi connectivity index (χ1) is 9.75. The lowest BCUT2D eigenvalue weighted by molar-refractivity contribution is 0.613. The summed E-state index contributed by atoms with van der Waals surface area (Å²) in [5, 5.41) is 3.82. The molecular formula is C17H17ClFN. The third-order valence-electron chi connectivity index (χ3n) is 3.91. The van der Waals surface area contributed by atoms with Crippen molar-refractivity contribution in [3.63, 3.8) is 0 Å². The number of halogens is 2. The van der Waals surface area contributed by atoms with E-state index >= 15 is 0 Å². The topological polar surface area (TPSA) is 12.0 Å². The summed E-state index contributed by atoms with van der Waals surface area (Å²) >= 11 is 6.06. The average molecular weight is 290 g/mol. The zero-order valence-corrected chi connectivity index (χ0v) is 12.0. The molecule has 0 fully saturated rings. The number of hydrogen-bond acceptors (Lipinski definition) is 1. The third kappa shape index (κ3) is 2.66. The number of anilines is 1. The summed E-state index contributed by atoms with van der Waals surface area (Å²) in [4.78, 5) is 0. The van der Waals surface area contributed by atoms with E-state index in [9.17, 15) is 4.39 Å². The Hall–Kier alpha value is -1.54. The van der Waals surface area contributed by atoms with Crippen molar-refractivity contribution in [2.24, 2.45) is 0 Å². The quantitative estimate of drug-likeness (QED) is 0.841. The fourth-order valence-corrected chi connectivity index (χ4v) is 3.06. The largest absolute Gasteiger partial charge is 0.381 e. The van der Waals surface area contributed by atoms with Crippen LogP contribution in [0.5, 0.6) is 0 Å². The molecule has 0 bridgehead atoms. The van der Waals surface area contributed by atoms with E-state index in [2.05, 4.69) is 23.5 Å². The van der Waals surface area contributed by atoms with E-state index in [4.69, 9.17) is 11.6 Å². The minimum atomic E-state index is -0.255. The molecule has 0 atom stereocenters. The van der Waals surface area contributed by atoms with E-state index < -0.39 is 0 Å². The van der Waals surface area contributed by atoms with E-state index in [1.165, 1.54) is 30.0 Å². The van der Waals surface area contributed by atoms with E-state index in [0.717, 1.165) is 18.5 Å². The zero-order chi connectivity index (χ0) is 13.9. The highest BCUT2D eigenvalue weighted by atomic mass is 35.5. The number of nitrogens with one attached hydrogen (secondary N) is 1. The van der Waals surface area contributed by atoms with Crippen molar-refractivity contribution in [3.8, 4) is 0 Å². The summed E-state index contributed by atoms with van der Waals surface area (Å²) in [6.45, 7) is 0.419. The highest BCUT2D eigenvalue weighted by Crippen LogP contribution is 2.29. The fraction of sp³-hybridized carbons (Fsp3) is 0.294. The second-order valence-corrected chi connectivity index (χ2v) is 5.61. The van der Waals surface area contributed by atoms with Crippen LogP contribution in [0.25, 0.3) is 0 Å². The van der Waals surface area contributed by atoms with Crippen molar-refractivity contribution in [2.75, 3.05) is 5.32 Å². The molecule has 0 heterocycles. The normalized spacial score (nSPS) is 13.9. The first kappa shape index (κ1) is 13.4. The molecule has 0 aliphatic heterocycles. The molecule has 3 heteroatoms. The van der Waals surface area contributed by atoms with Crippen molar-refractivity contribution in [1.82, 2.24) is 0 Å².